The highest BCUT2D eigenvalue weighted by atomic mass is 35.5. The zero-order chi connectivity index (χ0) is 12.6. The summed E-state index contributed by atoms with van der Waals surface area (Å²) in [6.07, 6.45) is 2.47. The standard InChI is InChI=1S/C10H12ClFN2O3/c1-17-10(3-2-4-10)5-14-8(15)6(12)7(11)13-9(14)16/h2-5H2,1H3,(H,13,16). The molecule has 0 amide bonds. The largest absolute Gasteiger partial charge is 0.376 e. The van der Waals surface area contributed by atoms with Crippen molar-refractivity contribution in [3.63, 3.8) is 0 Å². The van der Waals surface area contributed by atoms with Gasteiger partial charge < -0.3 is 4.74 Å². The maximum atomic E-state index is 13.3. The van der Waals surface area contributed by atoms with Crippen LogP contribution in [-0.2, 0) is 11.3 Å². The predicted octanol–water partition coefficient (Wildman–Crippen LogP) is 0.898. The first-order valence-electron chi connectivity index (χ1n) is 5.22. The van der Waals surface area contributed by atoms with Crippen molar-refractivity contribution in [2.75, 3.05) is 7.11 Å². The molecule has 1 aromatic rings. The average Bonchev–Trinajstić information content (AvgIpc) is 2.24. The van der Waals surface area contributed by atoms with Gasteiger partial charge in [-0.3, -0.25) is 14.3 Å². The van der Waals surface area contributed by atoms with Crippen LogP contribution in [0.2, 0.25) is 5.15 Å². The van der Waals surface area contributed by atoms with Gasteiger partial charge in [0, 0.05) is 7.11 Å². The van der Waals surface area contributed by atoms with E-state index in [0.717, 1.165) is 23.8 Å². The summed E-state index contributed by atoms with van der Waals surface area (Å²) in [4.78, 5) is 25.2. The van der Waals surface area contributed by atoms with Gasteiger partial charge in [-0.2, -0.15) is 4.39 Å². The summed E-state index contributed by atoms with van der Waals surface area (Å²) >= 11 is 5.37. The van der Waals surface area contributed by atoms with Crippen LogP contribution in [0.3, 0.4) is 0 Å². The van der Waals surface area contributed by atoms with Crippen LogP contribution in [0.5, 0.6) is 0 Å². The Hall–Kier alpha value is -1.14. The van der Waals surface area contributed by atoms with Crippen molar-refractivity contribution >= 4 is 11.6 Å². The van der Waals surface area contributed by atoms with Gasteiger partial charge in [0.05, 0.1) is 12.1 Å². The van der Waals surface area contributed by atoms with Crippen LogP contribution < -0.4 is 11.2 Å². The summed E-state index contributed by atoms with van der Waals surface area (Å²) in [5.74, 6) is -1.14. The third-order valence-corrected chi connectivity index (χ3v) is 3.49. The summed E-state index contributed by atoms with van der Waals surface area (Å²) in [6, 6.07) is 0. The fraction of sp³-hybridized carbons (Fsp3) is 0.600. The van der Waals surface area contributed by atoms with E-state index in [1.165, 1.54) is 7.11 Å². The molecule has 1 saturated carbocycles. The van der Waals surface area contributed by atoms with E-state index in [0.29, 0.717) is 0 Å². The first kappa shape index (κ1) is 12.3. The molecule has 17 heavy (non-hydrogen) atoms. The molecular weight excluding hydrogens is 251 g/mol. The second kappa shape index (κ2) is 4.27. The maximum absolute atomic E-state index is 13.3. The van der Waals surface area contributed by atoms with Gasteiger partial charge >= 0.3 is 5.69 Å². The lowest BCUT2D eigenvalue weighted by molar-refractivity contribution is -0.0849. The Morgan fingerprint density at radius 3 is 2.65 bits per heavy atom. The van der Waals surface area contributed by atoms with E-state index in [2.05, 4.69) is 4.98 Å². The monoisotopic (exact) mass is 262 g/mol. The van der Waals surface area contributed by atoms with Crippen molar-refractivity contribution in [1.82, 2.24) is 9.55 Å². The topological polar surface area (TPSA) is 64.1 Å². The van der Waals surface area contributed by atoms with Crippen molar-refractivity contribution in [3.8, 4) is 0 Å². The zero-order valence-electron chi connectivity index (χ0n) is 9.26. The lowest BCUT2D eigenvalue weighted by Gasteiger charge is -2.40. The number of aromatic amines is 1. The van der Waals surface area contributed by atoms with E-state index < -0.39 is 27.8 Å². The van der Waals surface area contributed by atoms with Gasteiger partial charge in [0.25, 0.3) is 5.56 Å². The first-order valence-corrected chi connectivity index (χ1v) is 5.60. The van der Waals surface area contributed by atoms with Gasteiger partial charge in [0.15, 0.2) is 5.15 Å². The molecule has 1 aromatic heterocycles. The van der Waals surface area contributed by atoms with E-state index in [1.807, 2.05) is 0 Å². The summed E-state index contributed by atoms with van der Waals surface area (Å²) in [5.41, 5.74) is -2.26. The molecule has 1 aliphatic carbocycles. The van der Waals surface area contributed by atoms with Crippen LogP contribution >= 0.6 is 11.6 Å². The minimum absolute atomic E-state index is 0.0474. The Morgan fingerprint density at radius 1 is 1.53 bits per heavy atom. The summed E-state index contributed by atoms with van der Waals surface area (Å²) in [7, 11) is 1.52. The van der Waals surface area contributed by atoms with Gasteiger partial charge in [-0.1, -0.05) is 11.6 Å². The Bertz CT molecular complexity index is 542. The highest BCUT2D eigenvalue weighted by Gasteiger charge is 2.38. The van der Waals surface area contributed by atoms with Crippen LogP contribution in [0.4, 0.5) is 4.39 Å². The van der Waals surface area contributed by atoms with Crippen molar-refractivity contribution < 1.29 is 9.13 Å². The molecule has 1 heterocycles. The minimum Gasteiger partial charge on any atom is -0.376 e. The molecule has 1 fully saturated rings. The van der Waals surface area contributed by atoms with E-state index in [9.17, 15) is 14.0 Å². The Labute approximate surface area is 101 Å². The van der Waals surface area contributed by atoms with Gasteiger partial charge in [-0.25, -0.2) is 4.79 Å². The van der Waals surface area contributed by atoms with Crippen LogP contribution in [0, 0.1) is 5.82 Å². The molecule has 0 radical (unpaired) electrons. The number of halogens is 2. The SMILES string of the molecule is COC1(Cn2c(=O)[nH]c(Cl)c(F)c2=O)CCC1. The number of hydrogen-bond acceptors (Lipinski definition) is 3. The van der Waals surface area contributed by atoms with Crippen LogP contribution in [0.1, 0.15) is 19.3 Å². The molecule has 0 spiro atoms. The number of rotatable bonds is 3. The normalized spacial score (nSPS) is 17.8. The molecule has 0 saturated heterocycles. The Morgan fingerprint density at radius 2 is 2.18 bits per heavy atom. The van der Waals surface area contributed by atoms with Crippen LogP contribution in [0.25, 0.3) is 0 Å². The second-order valence-electron chi connectivity index (χ2n) is 4.19. The molecule has 0 atom stereocenters. The van der Waals surface area contributed by atoms with Gasteiger partial charge in [0.2, 0.25) is 5.82 Å². The summed E-state index contributed by atoms with van der Waals surface area (Å²) in [5, 5.41) is -0.559. The maximum Gasteiger partial charge on any atom is 0.329 e. The van der Waals surface area contributed by atoms with E-state index in [1.54, 1.807) is 0 Å². The molecule has 7 heteroatoms. The third-order valence-electron chi connectivity index (χ3n) is 3.23. The first-order chi connectivity index (χ1) is 7.99. The molecular formula is C10H12ClFN2O3. The summed E-state index contributed by atoms with van der Waals surface area (Å²) < 4.78 is 19.4. The highest BCUT2D eigenvalue weighted by Crippen LogP contribution is 2.35. The number of methoxy groups -OCH3 is 1. The van der Waals surface area contributed by atoms with E-state index >= 15 is 0 Å². The quantitative estimate of drug-likeness (QED) is 0.823. The van der Waals surface area contributed by atoms with Crippen molar-refractivity contribution in [2.24, 2.45) is 0 Å². The number of aromatic nitrogens is 2. The number of nitrogens with zero attached hydrogens (tertiary/aromatic N) is 1. The minimum atomic E-state index is -1.14. The van der Waals surface area contributed by atoms with Gasteiger partial charge in [-0.15, -0.1) is 0 Å². The number of ether oxygens (including phenoxy) is 1. The molecule has 94 valence electrons. The molecule has 0 unspecified atom stereocenters. The second-order valence-corrected chi connectivity index (χ2v) is 4.57. The molecule has 0 aliphatic heterocycles. The average molecular weight is 263 g/mol. The zero-order valence-corrected chi connectivity index (χ0v) is 10.0. The molecule has 1 aliphatic rings. The number of H-pyrrole nitrogens is 1. The van der Waals surface area contributed by atoms with Crippen LogP contribution in [-0.4, -0.2) is 22.3 Å². The number of nitrogens with one attached hydrogen (secondary N) is 1. The number of hydrogen-bond donors (Lipinski definition) is 1. The van der Waals surface area contributed by atoms with E-state index in [-0.39, 0.29) is 6.54 Å². The highest BCUT2D eigenvalue weighted by molar-refractivity contribution is 6.29. The molecule has 0 bridgehead atoms. The van der Waals surface area contributed by atoms with Crippen LogP contribution in [0.15, 0.2) is 9.59 Å². The molecule has 0 aromatic carbocycles. The lowest BCUT2D eigenvalue weighted by atomic mass is 9.80. The molecule has 1 N–H and O–H groups in total. The van der Waals surface area contributed by atoms with E-state index in [4.69, 9.17) is 16.3 Å². The summed E-state index contributed by atoms with van der Waals surface area (Å²) in [6.45, 7) is 0.0474. The third kappa shape index (κ3) is 2.02. The Balaban J connectivity index is 2.43. The molecule has 2 rings (SSSR count). The predicted molar refractivity (Wildman–Crippen MR) is 59.9 cm³/mol. The lowest BCUT2D eigenvalue weighted by Crippen LogP contribution is -2.49. The van der Waals surface area contributed by atoms with Crippen molar-refractivity contribution in [3.05, 3.63) is 31.8 Å². The smallest absolute Gasteiger partial charge is 0.329 e. The fourth-order valence-corrected chi connectivity index (χ4v) is 2.11. The fourth-order valence-electron chi connectivity index (χ4n) is 1.95. The van der Waals surface area contributed by atoms with Crippen molar-refractivity contribution in [1.29, 1.82) is 0 Å². The molecule has 5 nitrogen and oxygen atoms in total. The van der Waals surface area contributed by atoms with Crippen molar-refractivity contribution in [2.45, 2.75) is 31.4 Å². The van der Waals surface area contributed by atoms with Gasteiger partial charge in [-0.05, 0) is 19.3 Å². The Kier molecular flexibility index (Phi) is 3.09. The van der Waals surface area contributed by atoms with Gasteiger partial charge in [0.1, 0.15) is 0 Å².